The van der Waals surface area contributed by atoms with E-state index in [0.29, 0.717) is 22.8 Å². The van der Waals surface area contributed by atoms with Crippen LogP contribution in [0.2, 0.25) is 15.2 Å². The molecule has 2 aromatic rings. The summed E-state index contributed by atoms with van der Waals surface area (Å²) in [6, 6.07) is 3.35. The lowest BCUT2D eigenvalue weighted by Crippen LogP contribution is -2.20. The molecule has 0 radical (unpaired) electrons. The van der Waals surface area contributed by atoms with E-state index in [0.717, 1.165) is 0 Å². The van der Waals surface area contributed by atoms with Crippen molar-refractivity contribution < 1.29 is 19.0 Å². The van der Waals surface area contributed by atoms with Gasteiger partial charge in [-0.15, -0.1) is 0 Å². The lowest BCUT2D eigenvalue weighted by atomic mass is 10.2. The Morgan fingerprint density at radius 1 is 1.11 bits per heavy atom. The topological polar surface area (TPSA) is 108 Å². The summed E-state index contributed by atoms with van der Waals surface area (Å²) in [6.45, 7) is 0. The molecule has 0 spiro atoms. The Bertz CT molecular complexity index is 906. The SMILES string of the molecule is COc1ccc(C=NNC(=O)c2nc(Cl)c(Cl)c(N)c2Cl)c(OC)c1OC. The molecule has 144 valence electrons. The standard InChI is InChI=1S/C16H15Cl3N4O4/c1-25-8-5-4-7(13(26-2)14(8)27-3)6-21-23-16(24)12-9(17)11(20)10(18)15(19)22-12/h4-6H,1-3H3,(H2,20,22)(H,23,24). The van der Waals surface area contributed by atoms with Gasteiger partial charge in [0.2, 0.25) is 5.75 Å². The molecule has 3 N–H and O–H groups in total. The molecule has 8 nitrogen and oxygen atoms in total. The van der Waals surface area contributed by atoms with Crippen LogP contribution < -0.4 is 25.4 Å². The number of carbonyl (C=O) groups is 1. The van der Waals surface area contributed by atoms with E-state index >= 15 is 0 Å². The minimum Gasteiger partial charge on any atom is -0.493 e. The van der Waals surface area contributed by atoms with Crippen LogP contribution in [0.1, 0.15) is 16.1 Å². The van der Waals surface area contributed by atoms with E-state index in [4.69, 9.17) is 54.7 Å². The van der Waals surface area contributed by atoms with Gasteiger partial charge in [0, 0.05) is 5.56 Å². The first kappa shape index (κ1) is 20.9. The van der Waals surface area contributed by atoms with E-state index in [1.54, 1.807) is 12.1 Å². The number of nitrogens with zero attached hydrogens (tertiary/aromatic N) is 2. The number of hydrogen-bond donors (Lipinski definition) is 2. The number of carbonyl (C=O) groups excluding carboxylic acids is 1. The summed E-state index contributed by atoms with van der Waals surface area (Å²) in [6.07, 6.45) is 1.35. The number of hydrazone groups is 1. The highest BCUT2D eigenvalue weighted by Crippen LogP contribution is 2.39. The fourth-order valence-electron chi connectivity index (χ4n) is 2.12. The van der Waals surface area contributed by atoms with E-state index in [9.17, 15) is 4.79 Å². The monoisotopic (exact) mass is 432 g/mol. The molecule has 2 rings (SSSR count). The highest BCUT2D eigenvalue weighted by molar-refractivity contribution is 6.46. The van der Waals surface area contributed by atoms with Crippen molar-refractivity contribution in [3.63, 3.8) is 0 Å². The second-order valence-electron chi connectivity index (χ2n) is 4.92. The third-order valence-electron chi connectivity index (χ3n) is 3.39. The van der Waals surface area contributed by atoms with E-state index < -0.39 is 5.91 Å². The molecule has 1 aromatic carbocycles. The second-order valence-corrected chi connectivity index (χ2v) is 6.03. The van der Waals surface area contributed by atoms with Crippen molar-refractivity contribution in [1.29, 1.82) is 0 Å². The third kappa shape index (κ3) is 4.29. The van der Waals surface area contributed by atoms with Crippen LogP contribution in [-0.2, 0) is 0 Å². The van der Waals surface area contributed by atoms with Crippen LogP contribution in [0.15, 0.2) is 17.2 Å². The Morgan fingerprint density at radius 3 is 2.37 bits per heavy atom. The minimum absolute atomic E-state index is 0.0308. The minimum atomic E-state index is -0.721. The molecule has 1 heterocycles. The molecular weight excluding hydrogens is 419 g/mol. The van der Waals surface area contributed by atoms with Crippen molar-refractivity contribution in [1.82, 2.24) is 10.4 Å². The number of amides is 1. The molecule has 0 atom stereocenters. The van der Waals surface area contributed by atoms with Gasteiger partial charge < -0.3 is 19.9 Å². The summed E-state index contributed by atoms with van der Waals surface area (Å²) in [5.74, 6) is 0.529. The van der Waals surface area contributed by atoms with E-state index in [1.807, 2.05) is 0 Å². The molecule has 1 aromatic heterocycles. The number of rotatable bonds is 6. The van der Waals surface area contributed by atoms with Crippen molar-refractivity contribution in [2.24, 2.45) is 5.10 Å². The fourth-order valence-corrected chi connectivity index (χ4v) is 2.72. The quantitative estimate of drug-likeness (QED) is 0.410. The molecule has 0 aliphatic heterocycles. The zero-order valence-corrected chi connectivity index (χ0v) is 16.7. The van der Waals surface area contributed by atoms with E-state index in [1.165, 1.54) is 27.5 Å². The fraction of sp³-hybridized carbons (Fsp3) is 0.188. The van der Waals surface area contributed by atoms with Gasteiger partial charge in [-0.05, 0) is 12.1 Å². The van der Waals surface area contributed by atoms with Gasteiger partial charge in [0.25, 0.3) is 5.91 Å². The van der Waals surface area contributed by atoms with Gasteiger partial charge in [-0.2, -0.15) is 5.10 Å². The van der Waals surface area contributed by atoms with Crippen molar-refractivity contribution in [2.45, 2.75) is 0 Å². The Labute approximate surface area is 170 Å². The number of benzene rings is 1. The lowest BCUT2D eigenvalue weighted by Gasteiger charge is -2.13. The number of aromatic nitrogens is 1. The van der Waals surface area contributed by atoms with Crippen molar-refractivity contribution in [3.8, 4) is 17.2 Å². The van der Waals surface area contributed by atoms with Gasteiger partial charge in [0.1, 0.15) is 5.02 Å². The summed E-state index contributed by atoms with van der Waals surface area (Å²) in [5, 5.41) is 3.56. The van der Waals surface area contributed by atoms with Crippen LogP contribution in [0.3, 0.4) is 0 Å². The number of nitrogens with two attached hydrogens (primary N) is 1. The molecule has 27 heavy (non-hydrogen) atoms. The van der Waals surface area contributed by atoms with Crippen LogP contribution in [0, 0.1) is 0 Å². The molecule has 0 unspecified atom stereocenters. The zero-order valence-electron chi connectivity index (χ0n) is 14.5. The molecular formula is C16H15Cl3N4O4. The van der Waals surface area contributed by atoms with Crippen LogP contribution >= 0.6 is 34.8 Å². The Hall–Kier alpha value is -2.42. The average Bonchev–Trinajstić information content (AvgIpc) is 2.68. The number of pyridine rings is 1. The van der Waals surface area contributed by atoms with E-state index in [2.05, 4.69) is 15.5 Å². The maximum Gasteiger partial charge on any atom is 0.291 e. The normalized spacial score (nSPS) is 10.7. The van der Waals surface area contributed by atoms with E-state index in [-0.39, 0.29) is 26.6 Å². The average molecular weight is 434 g/mol. The maximum atomic E-state index is 12.2. The first-order valence-corrected chi connectivity index (χ1v) is 8.41. The number of nitrogens with one attached hydrogen (secondary N) is 1. The summed E-state index contributed by atoms with van der Waals surface area (Å²) in [4.78, 5) is 16.1. The molecule has 0 fully saturated rings. The Morgan fingerprint density at radius 2 is 1.78 bits per heavy atom. The number of nitrogen functional groups attached to an aromatic ring is 1. The molecule has 0 aliphatic rings. The van der Waals surface area contributed by atoms with Gasteiger partial charge in [0.05, 0.1) is 38.3 Å². The predicted octanol–water partition coefficient (Wildman–Crippen LogP) is 3.41. The third-order valence-corrected chi connectivity index (χ3v) is 4.53. The molecule has 0 bridgehead atoms. The number of anilines is 1. The smallest absolute Gasteiger partial charge is 0.291 e. The summed E-state index contributed by atoms with van der Waals surface area (Å²) in [7, 11) is 4.45. The van der Waals surface area contributed by atoms with Crippen molar-refractivity contribution in [2.75, 3.05) is 27.1 Å². The highest BCUT2D eigenvalue weighted by atomic mass is 35.5. The largest absolute Gasteiger partial charge is 0.493 e. The van der Waals surface area contributed by atoms with Gasteiger partial charge in [0.15, 0.2) is 22.3 Å². The van der Waals surface area contributed by atoms with Crippen LogP contribution in [0.25, 0.3) is 0 Å². The van der Waals surface area contributed by atoms with Gasteiger partial charge in [-0.1, -0.05) is 34.8 Å². The molecule has 11 heteroatoms. The number of hydrogen-bond acceptors (Lipinski definition) is 7. The zero-order chi connectivity index (χ0) is 20.1. The first-order valence-electron chi connectivity index (χ1n) is 7.28. The highest BCUT2D eigenvalue weighted by Gasteiger charge is 2.19. The van der Waals surface area contributed by atoms with Crippen molar-refractivity contribution >= 4 is 52.6 Å². The number of methoxy groups -OCH3 is 3. The van der Waals surface area contributed by atoms with Crippen LogP contribution in [0.4, 0.5) is 5.69 Å². The number of halogens is 3. The Kier molecular flexibility index (Phi) is 6.95. The van der Waals surface area contributed by atoms with Crippen LogP contribution in [0.5, 0.6) is 17.2 Å². The summed E-state index contributed by atoms with van der Waals surface area (Å²) in [5.41, 5.74) is 8.24. The molecule has 1 amide bonds. The van der Waals surface area contributed by atoms with Gasteiger partial charge in [-0.25, -0.2) is 10.4 Å². The first-order chi connectivity index (χ1) is 12.8. The van der Waals surface area contributed by atoms with Gasteiger partial charge in [-0.3, -0.25) is 4.79 Å². The molecule has 0 aliphatic carbocycles. The summed E-state index contributed by atoms with van der Waals surface area (Å²) >= 11 is 17.6. The predicted molar refractivity (Wildman–Crippen MR) is 105 cm³/mol. The molecule has 0 saturated carbocycles. The maximum absolute atomic E-state index is 12.2. The van der Waals surface area contributed by atoms with Gasteiger partial charge >= 0.3 is 0 Å². The second kappa shape index (κ2) is 8.98. The number of ether oxygens (including phenoxy) is 3. The lowest BCUT2D eigenvalue weighted by molar-refractivity contribution is 0.0950. The summed E-state index contributed by atoms with van der Waals surface area (Å²) < 4.78 is 15.8. The molecule has 0 saturated heterocycles. The van der Waals surface area contributed by atoms with Crippen molar-refractivity contribution in [3.05, 3.63) is 38.6 Å². The van der Waals surface area contributed by atoms with Crippen LogP contribution in [-0.4, -0.2) is 38.4 Å². The Balaban J connectivity index is 2.27.